The highest BCUT2D eigenvalue weighted by Crippen LogP contribution is 2.55. The fourth-order valence-corrected chi connectivity index (χ4v) is 4.17. The number of fused-ring (bicyclic) bond motifs is 2. The van der Waals surface area contributed by atoms with E-state index in [-0.39, 0.29) is 49.2 Å². The van der Waals surface area contributed by atoms with E-state index >= 15 is 0 Å². The van der Waals surface area contributed by atoms with Crippen LogP contribution in [0, 0.1) is 6.92 Å². The highest BCUT2D eigenvalue weighted by atomic mass is 35.5. The smallest absolute Gasteiger partial charge is 0.347 e. The highest BCUT2D eigenvalue weighted by molar-refractivity contribution is 6.39. The number of rotatable bonds is 4. The van der Waals surface area contributed by atoms with E-state index in [0.717, 1.165) is 12.8 Å². The van der Waals surface area contributed by atoms with Crippen molar-refractivity contribution >= 4 is 46.3 Å². The molecule has 0 fully saturated rings. The molecule has 0 radical (unpaired) electrons. The van der Waals surface area contributed by atoms with E-state index in [4.69, 9.17) is 44.3 Å². The average molecular weight is 472 g/mol. The van der Waals surface area contributed by atoms with Gasteiger partial charge in [-0.25, -0.2) is 4.79 Å². The van der Waals surface area contributed by atoms with Gasteiger partial charge < -0.3 is 19.7 Å². The predicted molar refractivity (Wildman–Crippen MR) is 119 cm³/mol. The minimum Gasteiger partial charge on any atom is -0.506 e. The molecular formula is C22H21Cl3O5. The van der Waals surface area contributed by atoms with E-state index in [1.165, 1.54) is 0 Å². The Morgan fingerprint density at radius 1 is 1.00 bits per heavy atom. The first-order valence-electron chi connectivity index (χ1n) is 9.46. The highest BCUT2D eigenvalue weighted by Gasteiger charge is 2.36. The molecule has 0 atom stereocenters. The van der Waals surface area contributed by atoms with Crippen LogP contribution in [0.5, 0.6) is 28.7 Å². The van der Waals surface area contributed by atoms with Gasteiger partial charge in [0, 0.05) is 11.1 Å². The zero-order valence-electron chi connectivity index (χ0n) is 17.0. The summed E-state index contributed by atoms with van der Waals surface area (Å²) in [7, 11) is 0. The van der Waals surface area contributed by atoms with Crippen molar-refractivity contribution in [3.63, 3.8) is 0 Å². The van der Waals surface area contributed by atoms with E-state index in [0.29, 0.717) is 23.1 Å². The van der Waals surface area contributed by atoms with Gasteiger partial charge in [0.2, 0.25) is 0 Å². The summed E-state index contributed by atoms with van der Waals surface area (Å²) in [5.74, 6) is -1.16. The third-order valence-electron chi connectivity index (χ3n) is 5.18. The summed E-state index contributed by atoms with van der Waals surface area (Å²) < 4.78 is 11.8. The van der Waals surface area contributed by atoms with Crippen LogP contribution in [-0.4, -0.2) is 16.2 Å². The van der Waals surface area contributed by atoms with Crippen LogP contribution in [0.15, 0.2) is 6.08 Å². The third-order valence-corrected chi connectivity index (χ3v) is 6.36. The number of phenolic OH excluding ortho intramolecular Hbond substituents is 2. The van der Waals surface area contributed by atoms with Gasteiger partial charge in [-0.1, -0.05) is 54.2 Å². The van der Waals surface area contributed by atoms with Gasteiger partial charge >= 0.3 is 5.97 Å². The molecule has 0 aromatic heterocycles. The third kappa shape index (κ3) is 3.49. The number of phenols is 2. The van der Waals surface area contributed by atoms with Gasteiger partial charge in [0.25, 0.3) is 0 Å². The topological polar surface area (TPSA) is 76.0 Å². The number of aromatic hydroxyl groups is 2. The number of unbranched alkanes of at least 4 members (excludes halogenated alkanes) is 1. The van der Waals surface area contributed by atoms with Crippen LogP contribution in [0.2, 0.25) is 15.1 Å². The summed E-state index contributed by atoms with van der Waals surface area (Å²) in [5, 5.41) is 20.9. The van der Waals surface area contributed by atoms with Gasteiger partial charge in [0.15, 0.2) is 23.0 Å². The summed E-state index contributed by atoms with van der Waals surface area (Å²) in [5.41, 5.74) is 1.70. The number of benzene rings is 2. The Balaban J connectivity index is 2.42. The van der Waals surface area contributed by atoms with Crippen LogP contribution in [0.25, 0.3) is 5.57 Å². The molecule has 8 heteroatoms. The molecule has 2 N–H and O–H groups in total. The molecule has 0 saturated heterocycles. The molecule has 0 bridgehead atoms. The second-order valence-electron chi connectivity index (χ2n) is 7.05. The fraction of sp³-hybridized carbons (Fsp3) is 0.318. The van der Waals surface area contributed by atoms with Crippen molar-refractivity contribution in [1.29, 1.82) is 0 Å². The molecule has 3 rings (SSSR count). The number of esters is 1. The molecule has 1 heterocycles. The normalized spacial score (nSPS) is 13.3. The maximum Gasteiger partial charge on any atom is 0.347 e. The minimum absolute atomic E-state index is 0.000125. The summed E-state index contributed by atoms with van der Waals surface area (Å²) in [4.78, 5) is 13.0. The zero-order valence-corrected chi connectivity index (χ0v) is 19.2. The van der Waals surface area contributed by atoms with Crippen LogP contribution in [0.4, 0.5) is 0 Å². The van der Waals surface area contributed by atoms with Crippen LogP contribution >= 0.6 is 34.8 Å². The van der Waals surface area contributed by atoms with Gasteiger partial charge in [-0.2, -0.15) is 0 Å². The average Bonchev–Trinajstić information content (AvgIpc) is 2.87. The second-order valence-corrected chi connectivity index (χ2v) is 8.18. The van der Waals surface area contributed by atoms with E-state index in [1.807, 2.05) is 6.92 Å². The molecular weight excluding hydrogens is 451 g/mol. The minimum atomic E-state index is -0.756. The number of hydrogen-bond acceptors (Lipinski definition) is 5. The number of halogens is 3. The van der Waals surface area contributed by atoms with Crippen molar-refractivity contribution in [2.75, 3.05) is 0 Å². The molecule has 0 saturated carbocycles. The monoisotopic (exact) mass is 470 g/mol. The predicted octanol–water partition coefficient (Wildman–Crippen LogP) is 7.46. The maximum atomic E-state index is 13.0. The molecule has 5 nitrogen and oxygen atoms in total. The van der Waals surface area contributed by atoms with Crippen molar-refractivity contribution in [2.24, 2.45) is 0 Å². The van der Waals surface area contributed by atoms with E-state index in [9.17, 15) is 15.0 Å². The van der Waals surface area contributed by atoms with E-state index in [2.05, 4.69) is 0 Å². The van der Waals surface area contributed by atoms with E-state index in [1.54, 1.807) is 26.8 Å². The van der Waals surface area contributed by atoms with Crippen LogP contribution in [-0.2, 0) is 6.42 Å². The molecule has 2 aromatic carbocycles. The molecule has 2 aromatic rings. The first kappa shape index (κ1) is 22.6. The molecule has 1 aliphatic rings. The lowest BCUT2D eigenvalue weighted by Gasteiger charge is -2.20. The van der Waals surface area contributed by atoms with E-state index < -0.39 is 11.7 Å². The number of allylic oxidation sites excluding steroid dienone is 2. The Morgan fingerprint density at radius 3 is 2.27 bits per heavy atom. The largest absolute Gasteiger partial charge is 0.506 e. The van der Waals surface area contributed by atoms with Gasteiger partial charge in [-0.05, 0) is 44.7 Å². The summed E-state index contributed by atoms with van der Waals surface area (Å²) >= 11 is 18.9. The van der Waals surface area contributed by atoms with Crippen LogP contribution in [0.3, 0.4) is 0 Å². The van der Waals surface area contributed by atoms with Crippen molar-refractivity contribution in [1.82, 2.24) is 0 Å². The lowest BCUT2D eigenvalue weighted by Crippen LogP contribution is -2.11. The number of carbonyl (C=O) groups is 1. The molecule has 0 spiro atoms. The van der Waals surface area contributed by atoms with Gasteiger partial charge in [-0.15, -0.1) is 0 Å². The van der Waals surface area contributed by atoms with Gasteiger partial charge in [-0.3, -0.25) is 0 Å². The molecule has 160 valence electrons. The molecule has 0 aliphatic carbocycles. The summed E-state index contributed by atoms with van der Waals surface area (Å²) in [6.07, 6.45) is 3.79. The number of hydrogen-bond donors (Lipinski definition) is 2. The number of ether oxygens (including phenoxy) is 2. The Labute approximate surface area is 189 Å². The Bertz CT molecular complexity index is 1090. The van der Waals surface area contributed by atoms with Crippen molar-refractivity contribution in [3.05, 3.63) is 43.4 Å². The first-order valence-corrected chi connectivity index (χ1v) is 10.6. The Morgan fingerprint density at radius 2 is 1.67 bits per heavy atom. The molecule has 0 amide bonds. The fourth-order valence-electron chi connectivity index (χ4n) is 3.35. The van der Waals surface area contributed by atoms with Crippen LogP contribution in [0.1, 0.15) is 60.7 Å². The second kappa shape index (κ2) is 8.58. The Hall–Kier alpha value is -2.08. The SMILES string of the molecule is C/C=C(\C)c1c(Cl)c(O)c(CCCC)c2c1Oc1c(Cl)c(O)c(Cl)c(C)c1C(=O)O2. The van der Waals surface area contributed by atoms with Gasteiger partial charge in [0.1, 0.15) is 16.3 Å². The summed E-state index contributed by atoms with van der Waals surface area (Å²) in [6.45, 7) is 7.15. The van der Waals surface area contributed by atoms with Crippen LogP contribution < -0.4 is 9.47 Å². The van der Waals surface area contributed by atoms with Crippen molar-refractivity contribution < 1.29 is 24.5 Å². The molecule has 1 aliphatic heterocycles. The summed E-state index contributed by atoms with van der Waals surface area (Å²) in [6, 6.07) is 0. The van der Waals surface area contributed by atoms with Gasteiger partial charge in [0.05, 0.1) is 10.0 Å². The lowest BCUT2D eigenvalue weighted by atomic mass is 9.98. The van der Waals surface area contributed by atoms with Crippen molar-refractivity contribution in [3.8, 4) is 28.7 Å². The quantitative estimate of drug-likeness (QED) is 0.357. The van der Waals surface area contributed by atoms with Crippen molar-refractivity contribution in [2.45, 2.75) is 47.0 Å². The maximum absolute atomic E-state index is 13.0. The zero-order chi connectivity index (χ0) is 22.3. The Kier molecular flexibility index (Phi) is 6.46. The lowest BCUT2D eigenvalue weighted by molar-refractivity contribution is 0.0735. The first-order chi connectivity index (χ1) is 14.1. The molecule has 30 heavy (non-hydrogen) atoms. The molecule has 0 unspecified atom stereocenters. The number of carbonyl (C=O) groups excluding carboxylic acids is 1. The standard InChI is InChI=1S/C22H21Cl3O5/c1-5-7-8-11-17(26)15(24)12(9(3)6-2)21-19(11)30-22(28)13-10(4)14(23)18(27)16(25)20(13)29-21/h6,26-27H,5,7-8H2,1-4H3/b9-6+.